The number of nitrogens with zero attached hydrogens (tertiary/aromatic N) is 2. The maximum Gasteiger partial charge on any atom is 0.318 e. The molecule has 3 rings (SSSR count). The quantitative estimate of drug-likeness (QED) is 0.913. The highest BCUT2D eigenvalue weighted by Crippen LogP contribution is 2.31. The monoisotopic (exact) mass is 291 g/mol. The van der Waals surface area contributed by atoms with Crippen LogP contribution < -0.4 is 5.32 Å². The van der Waals surface area contributed by atoms with Crippen molar-refractivity contribution in [2.75, 3.05) is 32.9 Å². The summed E-state index contributed by atoms with van der Waals surface area (Å²) in [5.41, 5.74) is 1.15. The predicted molar refractivity (Wildman–Crippen MR) is 76.9 cm³/mol. The van der Waals surface area contributed by atoms with Gasteiger partial charge in [0.2, 0.25) is 0 Å². The normalized spacial score (nSPS) is 25.8. The summed E-state index contributed by atoms with van der Waals surface area (Å²) in [6.07, 6.45) is 5.54. The largest absolute Gasteiger partial charge is 0.376 e. The van der Waals surface area contributed by atoms with Crippen molar-refractivity contribution in [3.05, 3.63) is 30.1 Å². The van der Waals surface area contributed by atoms with Crippen molar-refractivity contribution in [1.82, 2.24) is 15.2 Å². The molecule has 0 bridgehead atoms. The standard InChI is InChI=1S/C15H21N3O3/c19-15(17-10-13-11-20-8-9-21-13)18-7-1-2-14(18)12-3-5-16-6-4-12/h3-6,13-14H,1-2,7-11H2,(H,17,19)/t13-,14+/m0/s1. The molecular weight excluding hydrogens is 270 g/mol. The Morgan fingerprint density at radius 2 is 2.24 bits per heavy atom. The average molecular weight is 291 g/mol. The number of carbonyl (C=O) groups is 1. The average Bonchev–Trinajstić information content (AvgIpc) is 3.04. The molecule has 21 heavy (non-hydrogen) atoms. The van der Waals surface area contributed by atoms with Crippen LogP contribution in [-0.2, 0) is 9.47 Å². The molecule has 6 heteroatoms. The number of amides is 2. The third-order valence-electron chi connectivity index (χ3n) is 3.97. The number of ether oxygens (including phenoxy) is 2. The number of likely N-dealkylation sites (tertiary alicyclic amines) is 1. The maximum atomic E-state index is 12.4. The highest BCUT2D eigenvalue weighted by atomic mass is 16.6. The molecule has 2 aliphatic heterocycles. The molecule has 2 aliphatic rings. The Kier molecular flexibility index (Phi) is 4.67. The third kappa shape index (κ3) is 3.51. The first-order chi connectivity index (χ1) is 10.3. The molecular formula is C15H21N3O3. The predicted octanol–water partition coefficient (Wildman–Crippen LogP) is 1.34. The molecule has 2 saturated heterocycles. The van der Waals surface area contributed by atoms with Gasteiger partial charge in [0.05, 0.1) is 32.0 Å². The van der Waals surface area contributed by atoms with E-state index in [0.29, 0.717) is 26.4 Å². The van der Waals surface area contributed by atoms with Crippen LogP contribution in [0.5, 0.6) is 0 Å². The number of carbonyl (C=O) groups excluding carboxylic acids is 1. The van der Waals surface area contributed by atoms with Gasteiger partial charge in [-0.2, -0.15) is 0 Å². The van der Waals surface area contributed by atoms with E-state index in [2.05, 4.69) is 10.3 Å². The number of hydrogen-bond donors (Lipinski definition) is 1. The molecule has 0 aliphatic carbocycles. The second-order valence-electron chi connectivity index (χ2n) is 5.39. The van der Waals surface area contributed by atoms with Crippen molar-refractivity contribution in [2.45, 2.75) is 25.0 Å². The Morgan fingerprint density at radius 3 is 3.00 bits per heavy atom. The SMILES string of the molecule is O=C(NC[C@H]1COCCO1)N1CCC[C@@H]1c1ccncc1. The van der Waals surface area contributed by atoms with E-state index >= 15 is 0 Å². The van der Waals surface area contributed by atoms with E-state index in [1.165, 1.54) is 0 Å². The fraction of sp³-hybridized carbons (Fsp3) is 0.600. The smallest absolute Gasteiger partial charge is 0.318 e. The fourth-order valence-corrected chi connectivity index (χ4v) is 2.90. The molecule has 0 unspecified atom stereocenters. The van der Waals surface area contributed by atoms with Gasteiger partial charge in [0.1, 0.15) is 0 Å². The minimum Gasteiger partial charge on any atom is -0.376 e. The lowest BCUT2D eigenvalue weighted by Gasteiger charge is -2.27. The second kappa shape index (κ2) is 6.87. The van der Waals surface area contributed by atoms with Gasteiger partial charge >= 0.3 is 6.03 Å². The van der Waals surface area contributed by atoms with Crippen LogP contribution in [0.2, 0.25) is 0 Å². The van der Waals surface area contributed by atoms with Gasteiger partial charge in [0.25, 0.3) is 0 Å². The molecule has 0 aromatic carbocycles. The van der Waals surface area contributed by atoms with Crippen molar-refractivity contribution in [1.29, 1.82) is 0 Å². The molecule has 0 radical (unpaired) electrons. The minimum atomic E-state index is -0.0373. The summed E-state index contributed by atoms with van der Waals surface area (Å²) in [7, 11) is 0. The molecule has 0 saturated carbocycles. The molecule has 6 nitrogen and oxygen atoms in total. The van der Waals surface area contributed by atoms with Crippen LogP contribution in [0.4, 0.5) is 4.79 Å². The maximum absolute atomic E-state index is 12.4. The first-order valence-electron chi connectivity index (χ1n) is 7.48. The number of nitrogens with one attached hydrogen (secondary N) is 1. The number of pyridine rings is 1. The summed E-state index contributed by atoms with van der Waals surface area (Å²) in [5, 5.41) is 2.96. The van der Waals surface area contributed by atoms with E-state index in [9.17, 15) is 4.79 Å². The first kappa shape index (κ1) is 14.3. The molecule has 1 aromatic rings. The Hall–Kier alpha value is -1.66. The summed E-state index contributed by atoms with van der Waals surface area (Å²) < 4.78 is 10.9. The molecule has 1 N–H and O–H groups in total. The van der Waals surface area contributed by atoms with Gasteiger partial charge in [-0.15, -0.1) is 0 Å². The number of aromatic nitrogens is 1. The lowest BCUT2D eigenvalue weighted by atomic mass is 10.1. The van der Waals surface area contributed by atoms with E-state index < -0.39 is 0 Å². The molecule has 0 spiro atoms. The Bertz CT molecular complexity index is 462. The molecule has 114 valence electrons. The van der Waals surface area contributed by atoms with Crippen LogP contribution in [-0.4, -0.2) is 54.9 Å². The zero-order valence-electron chi connectivity index (χ0n) is 12.0. The lowest BCUT2D eigenvalue weighted by Crippen LogP contribution is -2.45. The van der Waals surface area contributed by atoms with Crippen LogP contribution in [0.15, 0.2) is 24.5 Å². The number of urea groups is 1. The van der Waals surface area contributed by atoms with Crippen LogP contribution >= 0.6 is 0 Å². The summed E-state index contributed by atoms with van der Waals surface area (Å²) in [4.78, 5) is 18.3. The van der Waals surface area contributed by atoms with Gasteiger partial charge in [0.15, 0.2) is 0 Å². The highest BCUT2D eigenvalue weighted by molar-refractivity contribution is 5.75. The zero-order chi connectivity index (χ0) is 14.5. The Labute approximate surface area is 124 Å². The molecule has 2 amide bonds. The number of rotatable bonds is 3. The third-order valence-corrected chi connectivity index (χ3v) is 3.97. The first-order valence-corrected chi connectivity index (χ1v) is 7.48. The van der Waals surface area contributed by atoms with Crippen molar-refractivity contribution in [2.24, 2.45) is 0 Å². The Morgan fingerprint density at radius 1 is 1.38 bits per heavy atom. The van der Waals surface area contributed by atoms with Gasteiger partial charge in [-0.1, -0.05) is 0 Å². The van der Waals surface area contributed by atoms with E-state index in [0.717, 1.165) is 24.9 Å². The minimum absolute atomic E-state index is 0.0246. The molecule has 2 fully saturated rings. The van der Waals surface area contributed by atoms with E-state index in [1.807, 2.05) is 17.0 Å². The van der Waals surface area contributed by atoms with E-state index in [-0.39, 0.29) is 18.2 Å². The molecule has 2 atom stereocenters. The zero-order valence-corrected chi connectivity index (χ0v) is 12.0. The van der Waals surface area contributed by atoms with Gasteiger partial charge < -0.3 is 19.7 Å². The summed E-state index contributed by atoms with van der Waals surface area (Å²) in [5.74, 6) is 0. The lowest BCUT2D eigenvalue weighted by molar-refractivity contribution is -0.0856. The van der Waals surface area contributed by atoms with Gasteiger partial charge in [-0.25, -0.2) is 4.79 Å². The molecule has 3 heterocycles. The van der Waals surface area contributed by atoms with Crippen LogP contribution in [0, 0.1) is 0 Å². The topological polar surface area (TPSA) is 63.7 Å². The summed E-state index contributed by atoms with van der Waals surface area (Å²) in [6.45, 7) is 3.08. The van der Waals surface area contributed by atoms with Crippen molar-refractivity contribution in [3.8, 4) is 0 Å². The second-order valence-corrected chi connectivity index (χ2v) is 5.39. The number of hydrogen-bond acceptors (Lipinski definition) is 4. The van der Waals surface area contributed by atoms with Crippen molar-refractivity contribution < 1.29 is 14.3 Å². The van der Waals surface area contributed by atoms with Crippen LogP contribution in [0.25, 0.3) is 0 Å². The van der Waals surface area contributed by atoms with Gasteiger partial charge in [0, 0.05) is 25.5 Å². The van der Waals surface area contributed by atoms with Crippen molar-refractivity contribution in [3.63, 3.8) is 0 Å². The Balaban J connectivity index is 1.55. The highest BCUT2D eigenvalue weighted by Gasteiger charge is 2.30. The summed E-state index contributed by atoms with van der Waals surface area (Å²) in [6, 6.07) is 4.09. The van der Waals surface area contributed by atoms with Crippen molar-refractivity contribution >= 4 is 6.03 Å². The van der Waals surface area contributed by atoms with E-state index in [1.54, 1.807) is 12.4 Å². The fourth-order valence-electron chi connectivity index (χ4n) is 2.90. The summed E-state index contributed by atoms with van der Waals surface area (Å²) >= 11 is 0. The van der Waals surface area contributed by atoms with Gasteiger partial charge in [-0.05, 0) is 30.5 Å². The van der Waals surface area contributed by atoms with Crippen LogP contribution in [0.1, 0.15) is 24.4 Å². The molecule has 1 aromatic heterocycles. The van der Waals surface area contributed by atoms with Crippen LogP contribution in [0.3, 0.4) is 0 Å². The van der Waals surface area contributed by atoms with E-state index in [4.69, 9.17) is 9.47 Å². The van der Waals surface area contributed by atoms with Gasteiger partial charge in [-0.3, -0.25) is 4.98 Å².